The van der Waals surface area contributed by atoms with E-state index < -0.39 is 12.0 Å². The maximum Gasteiger partial charge on any atom is 0.327 e. The number of aldehydes is 1. The summed E-state index contributed by atoms with van der Waals surface area (Å²) in [5, 5.41) is 18.7. The van der Waals surface area contributed by atoms with Crippen molar-refractivity contribution >= 4 is 23.6 Å². The summed E-state index contributed by atoms with van der Waals surface area (Å²) in [5.74, 6) is -0.702. The molecule has 0 saturated carbocycles. The van der Waals surface area contributed by atoms with Crippen LogP contribution in [0, 0.1) is 11.3 Å². The third-order valence-electron chi connectivity index (χ3n) is 2.48. The molecule has 0 bridgehead atoms. The maximum absolute atomic E-state index is 9.57. The van der Waals surface area contributed by atoms with Gasteiger partial charge in [0.1, 0.15) is 18.1 Å². The number of ether oxygens (including phenoxy) is 1. The van der Waals surface area contributed by atoms with Crippen LogP contribution in [0.2, 0.25) is 0 Å². The van der Waals surface area contributed by atoms with Gasteiger partial charge in [-0.3, -0.25) is 4.79 Å². The molecule has 7 nitrogen and oxygen atoms in total. The van der Waals surface area contributed by atoms with E-state index in [1.165, 1.54) is 11.3 Å². The van der Waals surface area contributed by atoms with Crippen LogP contribution in [0.5, 0.6) is 5.75 Å². The predicted molar refractivity (Wildman–Crippen MR) is 80.5 cm³/mol. The van der Waals surface area contributed by atoms with Gasteiger partial charge in [0, 0.05) is 10.9 Å². The van der Waals surface area contributed by atoms with Crippen molar-refractivity contribution in [3.05, 3.63) is 34.7 Å². The van der Waals surface area contributed by atoms with Crippen LogP contribution in [0.1, 0.15) is 5.56 Å². The van der Waals surface area contributed by atoms with E-state index in [0.717, 1.165) is 11.3 Å². The number of thiazole rings is 1. The summed E-state index contributed by atoms with van der Waals surface area (Å²) in [5.41, 5.74) is 8.77. The lowest BCUT2D eigenvalue weighted by Crippen LogP contribution is -2.31. The molecule has 0 aliphatic carbocycles. The van der Waals surface area contributed by atoms with Gasteiger partial charge >= 0.3 is 5.97 Å². The number of hydrogen-bond donors (Lipinski definition) is 2. The molecule has 0 amide bonds. The van der Waals surface area contributed by atoms with Crippen molar-refractivity contribution in [2.24, 2.45) is 5.73 Å². The Kier molecular flexibility index (Phi) is 6.69. The SMILES string of the molecule is COc1ccc(-c2cscn2)cc1C#N.NC(C=O)C(=O)O. The van der Waals surface area contributed by atoms with Crippen LogP contribution in [0.25, 0.3) is 11.3 Å². The smallest absolute Gasteiger partial charge is 0.327 e. The second-order valence-corrected chi connectivity index (χ2v) is 4.62. The minimum absolute atomic E-state index is 0.169. The average Bonchev–Trinajstić information content (AvgIpc) is 3.08. The van der Waals surface area contributed by atoms with Crippen LogP contribution < -0.4 is 10.5 Å². The molecule has 2 aromatic rings. The molecule has 1 atom stereocenters. The Hall–Kier alpha value is -2.76. The lowest BCUT2D eigenvalue weighted by molar-refractivity contribution is -0.139. The third-order valence-corrected chi connectivity index (χ3v) is 3.07. The fourth-order valence-corrected chi connectivity index (χ4v) is 1.93. The van der Waals surface area contributed by atoms with E-state index in [4.69, 9.17) is 15.1 Å². The Morgan fingerprint density at radius 1 is 1.59 bits per heavy atom. The second-order valence-electron chi connectivity index (χ2n) is 3.90. The fraction of sp³-hybridized carbons (Fsp3) is 0.143. The lowest BCUT2D eigenvalue weighted by Gasteiger charge is -2.03. The number of carboxylic acid groups (broad SMARTS) is 1. The molecular formula is C14H13N3O4S. The van der Waals surface area contributed by atoms with E-state index in [1.807, 2.05) is 11.4 Å². The zero-order valence-electron chi connectivity index (χ0n) is 11.6. The molecule has 0 radical (unpaired) electrons. The summed E-state index contributed by atoms with van der Waals surface area (Å²) in [4.78, 5) is 23.2. The Labute approximate surface area is 130 Å². The number of nitriles is 1. The summed E-state index contributed by atoms with van der Waals surface area (Å²) < 4.78 is 5.07. The van der Waals surface area contributed by atoms with Crippen LogP contribution >= 0.6 is 11.3 Å². The highest BCUT2D eigenvalue weighted by Gasteiger charge is 2.07. The quantitative estimate of drug-likeness (QED) is 0.642. The van der Waals surface area contributed by atoms with Crippen molar-refractivity contribution in [1.82, 2.24) is 4.98 Å². The normalized spacial score (nSPS) is 10.6. The number of carbonyl (C=O) groups is 2. The van der Waals surface area contributed by atoms with Crippen molar-refractivity contribution in [2.45, 2.75) is 6.04 Å². The highest BCUT2D eigenvalue weighted by molar-refractivity contribution is 7.07. The Bertz CT molecular complexity index is 680. The molecular weight excluding hydrogens is 306 g/mol. The van der Waals surface area contributed by atoms with Gasteiger partial charge in [0.2, 0.25) is 0 Å². The van der Waals surface area contributed by atoms with Crippen molar-refractivity contribution in [3.63, 3.8) is 0 Å². The molecule has 0 aliphatic heterocycles. The molecule has 0 aliphatic rings. The van der Waals surface area contributed by atoms with Crippen LogP contribution in [0.4, 0.5) is 0 Å². The van der Waals surface area contributed by atoms with Gasteiger partial charge in [0.05, 0.1) is 23.9 Å². The topological polar surface area (TPSA) is 126 Å². The van der Waals surface area contributed by atoms with E-state index in [2.05, 4.69) is 16.8 Å². The van der Waals surface area contributed by atoms with Crippen molar-refractivity contribution in [2.75, 3.05) is 7.11 Å². The summed E-state index contributed by atoms with van der Waals surface area (Å²) in [6.45, 7) is 0. The molecule has 1 heterocycles. The minimum atomic E-state index is -1.36. The van der Waals surface area contributed by atoms with Gasteiger partial charge in [0.15, 0.2) is 6.04 Å². The largest absolute Gasteiger partial charge is 0.495 e. The van der Waals surface area contributed by atoms with Crippen molar-refractivity contribution < 1.29 is 19.4 Å². The number of benzene rings is 1. The minimum Gasteiger partial charge on any atom is -0.495 e. The monoisotopic (exact) mass is 319 g/mol. The van der Waals surface area contributed by atoms with Gasteiger partial charge < -0.3 is 20.4 Å². The molecule has 114 valence electrons. The number of aromatic nitrogens is 1. The Balaban J connectivity index is 0.000000295. The highest BCUT2D eigenvalue weighted by atomic mass is 32.1. The number of nitrogens with two attached hydrogens (primary N) is 1. The van der Waals surface area contributed by atoms with Crippen molar-refractivity contribution in [1.29, 1.82) is 5.26 Å². The van der Waals surface area contributed by atoms with Gasteiger partial charge in [-0.15, -0.1) is 11.3 Å². The van der Waals surface area contributed by atoms with Crippen LogP contribution in [-0.2, 0) is 9.59 Å². The van der Waals surface area contributed by atoms with Gasteiger partial charge in [0.25, 0.3) is 0 Å². The predicted octanol–water partition coefficient (Wildman–Crippen LogP) is 1.29. The number of carbonyl (C=O) groups excluding carboxylic acids is 1. The first-order chi connectivity index (χ1) is 10.5. The van der Waals surface area contributed by atoms with Gasteiger partial charge in [-0.25, -0.2) is 4.98 Å². The number of hydrogen-bond acceptors (Lipinski definition) is 7. The Morgan fingerprint density at radius 2 is 2.32 bits per heavy atom. The standard InChI is InChI=1S/C11H8N2OS.C3H5NO3/c1-14-11-3-2-8(4-9(11)5-12)10-6-15-7-13-10;4-2(1-5)3(6)7/h2-4,6-7H,1H3;1-2H,4H2,(H,6,7). The zero-order valence-corrected chi connectivity index (χ0v) is 12.4. The van der Waals surface area contributed by atoms with E-state index in [-0.39, 0.29) is 6.29 Å². The molecule has 1 aromatic carbocycles. The zero-order chi connectivity index (χ0) is 16.5. The molecule has 8 heteroatoms. The molecule has 0 spiro atoms. The first-order valence-corrected chi connectivity index (χ1v) is 6.88. The van der Waals surface area contributed by atoms with E-state index >= 15 is 0 Å². The number of carboxylic acids is 1. The van der Waals surface area contributed by atoms with Gasteiger partial charge in [-0.05, 0) is 18.2 Å². The lowest BCUT2D eigenvalue weighted by atomic mass is 10.1. The van der Waals surface area contributed by atoms with E-state index in [0.29, 0.717) is 11.3 Å². The fourth-order valence-electron chi connectivity index (χ4n) is 1.37. The molecule has 1 aromatic heterocycles. The first kappa shape index (κ1) is 17.3. The molecule has 3 N–H and O–H groups in total. The van der Waals surface area contributed by atoms with E-state index in [9.17, 15) is 9.59 Å². The van der Waals surface area contributed by atoms with Crippen LogP contribution in [0.3, 0.4) is 0 Å². The molecule has 2 rings (SSSR count). The summed E-state index contributed by atoms with van der Waals surface area (Å²) in [7, 11) is 1.55. The van der Waals surface area contributed by atoms with Crippen molar-refractivity contribution in [3.8, 4) is 23.1 Å². The molecule has 0 saturated heterocycles. The van der Waals surface area contributed by atoms with Gasteiger partial charge in [-0.2, -0.15) is 5.26 Å². The molecule has 22 heavy (non-hydrogen) atoms. The molecule has 1 unspecified atom stereocenters. The summed E-state index contributed by atoms with van der Waals surface area (Å²) in [6.07, 6.45) is 0.169. The number of nitrogens with zero attached hydrogens (tertiary/aromatic N) is 2. The molecule has 0 fully saturated rings. The third kappa shape index (κ3) is 4.66. The first-order valence-electron chi connectivity index (χ1n) is 5.93. The summed E-state index contributed by atoms with van der Waals surface area (Å²) in [6, 6.07) is 6.21. The number of aliphatic carboxylic acids is 1. The average molecular weight is 319 g/mol. The number of methoxy groups -OCH3 is 1. The second kappa shape index (κ2) is 8.51. The van der Waals surface area contributed by atoms with E-state index in [1.54, 1.807) is 24.8 Å². The highest BCUT2D eigenvalue weighted by Crippen LogP contribution is 2.25. The van der Waals surface area contributed by atoms with Crippen LogP contribution in [0.15, 0.2) is 29.1 Å². The maximum atomic E-state index is 9.57. The number of rotatable bonds is 4. The Morgan fingerprint density at radius 3 is 2.73 bits per heavy atom. The summed E-state index contributed by atoms with van der Waals surface area (Å²) >= 11 is 1.53. The van der Waals surface area contributed by atoms with Gasteiger partial charge in [-0.1, -0.05) is 0 Å². The van der Waals surface area contributed by atoms with Crippen LogP contribution in [-0.4, -0.2) is 35.5 Å².